The smallest absolute Gasteiger partial charge is 0.404 e. The molecule has 1 unspecified atom stereocenters. The number of hydrogen-bond donors (Lipinski definition) is 3. The Morgan fingerprint density at radius 1 is 1.00 bits per heavy atom. The van der Waals surface area contributed by atoms with E-state index in [2.05, 4.69) is 33.1 Å². The molecule has 50 heavy (non-hydrogen) atoms. The number of piperidine rings is 1. The minimum atomic E-state index is -3.79. The Bertz CT molecular complexity index is 1880. The van der Waals surface area contributed by atoms with Crippen molar-refractivity contribution in [3.8, 4) is 6.07 Å². The van der Waals surface area contributed by atoms with Gasteiger partial charge in [0.15, 0.2) is 0 Å². The summed E-state index contributed by atoms with van der Waals surface area (Å²) in [6.45, 7) is 7.60. The van der Waals surface area contributed by atoms with E-state index in [4.69, 9.17) is 0 Å². The number of sulfone groups is 1. The molecule has 3 aromatic rings. The number of anilines is 2. The Balaban J connectivity index is 1.06. The van der Waals surface area contributed by atoms with Crippen molar-refractivity contribution >= 4 is 33.2 Å². The van der Waals surface area contributed by atoms with E-state index in [1.165, 1.54) is 24.3 Å². The molecule has 3 fully saturated rings. The number of carbonyl (C=O) groups excluding carboxylic acids is 1. The zero-order valence-electron chi connectivity index (χ0n) is 27.8. The molecule has 3 atom stereocenters. The average molecular weight is 700 g/mol. The van der Waals surface area contributed by atoms with Gasteiger partial charge in [-0.05, 0) is 111 Å². The van der Waals surface area contributed by atoms with Crippen molar-refractivity contribution in [2.45, 2.75) is 53.4 Å². The molecule has 1 aliphatic carbocycles. The number of halogens is 1. The van der Waals surface area contributed by atoms with Gasteiger partial charge in [-0.3, -0.25) is 4.79 Å². The van der Waals surface area contributed by atoms with E-state index in [0.29, 0.717) is 30.0 Å². The molecule has 3 aliphatic rings. The molecule has 2 amide bonds. The number of hydrogen-bond acceptors (Lipinski definition) is 7. The van der Waals surface area contributed by atoms with Crippen LogP contribution in [-0.2, 0) is 20.0 Å². The molecule has 2 saturated heterocycles. The third-order valence-electron chi connectivity index (χ3n) is 10.7. The molecule has 3 aromatic carbocycles. The van der Waals surface area contributed by atoms with Gasteiger partial charge in [0.1, 0.15) is 5.82 Å². The molecular formula is C38H42FN5O5S. The number of nitriles is 1. The molecule has 0 radical (unpaired) electrons. The third-order valence-corrected chi connectivity index (χ3v) is 12.5. The van der Waals surface area contributed by atoms with E-state index in [9.17, 15) is 32.8 Å². The van der Waals surface area contributed by atoms with Crippen molar-refractivity contribution in [3.63, 3.8) is 0 Å². The van der Waals surface area contributed by atoms with Gasteiger partial charge in [0.25, 0.3) is 0 Å². The summed E-state index contributed by atoms with van der Waals surface area (Å²) in [5.41, 5.74) is 0.965. The van der Waals surface area contributed by atoms with Crippen LogP contribution in [0.15, 0.2) is 95.2 Å². The Kier molecular flexibility index (Phi) is 10.3. The molecule has 6 rings (SSSR count). The van der Waals surface area contributed by atoms with Crippen LogP contribution >= 0.6 is 0 Å². The number of nitrogens with zero attached hydrogens (tertiary/aromatic N) is 3. The minimum Gasteiger partial charge on any atom is -0.465 e. The van der Waals surface area contributed by atoms with Crippen LogP contribution in [0.1, 0.15) is 37.7 Å². The monoisotopic (exact) mass is 699 g/mol. The fourth-order valence-electron chi connectivity index (χ4n) is 8.31. The highest BCUT2D eigenvalue weighted by Crippen LogP contribution is 2.50. The van der Waals surface area contributed by atoms with Crippen LogP contribution in [0.25, 0.3) is 0 Å². The molecule has 3 N–H and O–H groups in total. The number of carbonyl (C=O) groups is 2. The maximum atomic E-state index is 14.5. The first-order chi connectivity index (χ1) is 24.0. The number of likely N-dealkylation sites (tertiary alicyclic amines) is 1. The third kappa shape index (κ3) is 7.11. The second-order valence-corrected chi connectivity index (χ2v) is 15.6. The van der Waals surface area contributed by atoms with Crippen molar-refractivity contribution < 1.29 is 27.5 Å². The predicted molar refractivity (Wildman–Crippen MR) is 188 cm³/mol. The molecule has 2 heterocycles. The van der Waals surface area contributed by atoms with Crippen LogP contribution in [0.2, 0.25) is 0 Å². The summed E-state index contributed by atoms with van der Waals surface area (Å²) in [6.07, 6.45) is 3.73. The Morgan fingerprint density at radius 3 is 2.38 bits per heavy atom. The van der Waals surface area contributed by atoms with Gasteiger partial charge in [0.05, 0.1) is 21.3 Å². The van der Waals surface area contributed by atoms with E-state index < -0.39 is 33.1 Å². The highest BCUT2D eigenvalue weighted by molar-refractivity contribution is 7.91. The first-order valence-corrected chi connectivity index (χ1v) is 18.5. The number of carboxylic acid groups (broad SMARTS) is 1. The van der Waals surface area contributed by atoms with Gasteiger partial charge in [-0.25, -0.2) is 17.6 Å². The normalized spacial score (nSPS) is 21.4. The molecule has 0 spiro atoms. The molecule has 0 bridgehead atoms. The van der Waals surface area contributed by atoms with E-state index in [1.54, 1.807) is 30.3 Å². The zero-order chi connectivity index (χ0) is 35.5. The highest BCUT2D eigenvalue weighted by Gasteiger charge is 2.52. The Labute approximate surface area is 292 Å². The van der Waals surface area contributed by atoms with Gasteiger partial charge in [-0.15, -0.1) is 0 Å². The summed E-state index contributed by atoms with van der Waals surface area (Å²) in [7, 11) is -3.79. The standard InChI is InChI=1S/C38H42FN5O5S/c1-2-36(45)41-30-8-4-9-33(21-30)50(48,49)32-14-12-31(13-15-32)44-23-26(24-44)22-43-18-16-27(17-19-43)38(25-40,28-6-3-7-29(39)20-28)34-10-5-11-35(34)42-37(46)47/h2-4,6-9,12-15,20-21,26-27,34-35,42H,1,5,10-11,16-19,22-24H2,(H,41,45)(H,46,47)/t34-,35-,38?/m0/s1. The summed E-state index contributed by atoms with van der Waals surface area (Å²) < 4.78 is 41.1. The summed E-state index contributed by atoms with van der Waals surface area (Å²) in [6, 6.07) is 21.6. The molecule has 12 heteroatoms. The number of amides is 2. The minimum absolute atomic E-state index is 0.0344. The van der Waals surface area contributed by atoms with Crippen LogP contribution in [0.5, 0.6) is 0 Å². The van der Waals surface area contributed by atoms with Crippen molar-refractivity contribution in [3.05, 3.63) is 96.8 Å². The second-order valence-electron chi connectivity index (χ2n) is 13.6. The first-order valence-electron chi connectivity index (χ1n) is 17.1. The van der Waals surface area contributed by atoms with Gasteiger partial charge in [-0.2, -0.15) is 5.26 Å². The number of benzene rings is 3. The Hall–Kier alpha value is -4.73. The molecule has 262 valence electrons. The molecule has 1 saturated carbocycles. The zero-order valence-corrected chi connectivity index (χ0v) is 28.6. The van der Waals surface area contributed by atoms with Crippen LogP contribution in [0, 0.1) is 34.9 Å². The Morgan fingerprint density at radius 2 is 1.72 bits per heavy atom. The maximum Gasteiger partial charge on any atom is 0.404 e. The first kappa shape index (κ1) is 35.1. The largest absolute Gasteiger partial charge is 0.465 e. The van der Waals surface area contributed by atoms with E-state index in [1.807, 2.05) is 18.2 Å². The molecule has 0 aromatic heterocycles. The van der Waals surface area contributed by atoms with Crippen molar-refractivity contribution in [1.29, 1.82) is 5.26 Å². The second kappa shape index (κ2) is 14.6. The summed E-state index contributed by atoms with van der Waals surface area (Å²) in [5.74, 6) is -0.655. The lowest BCUT2D eigenvalue weighted by atomic mass is 9.59. The molecule has 2 aliphatic heterocycles. The van der Waals surface area contributed by atoms with Gasteiger partial charge >= 0.3 is 6.09 Å². The maximum absolute atomic E-state index is 14.5. The lowest BCUT2D eigenvalue weighted by molar-refractivity contribution is -0.111. The highest BCUT2D eigenvalue weighted by atomic mass is 32.2. The lowest BCUT2D eigenvalue weighted by Crippen LogP contribution is -2.55. The van der Waals surface area contributed by atoms with Crippen LogP contribution in [0.3, 0.4) is 0 Å². The predicted octanol–water partition coefficient (Wildman–Crippen LogP) is 5.83. The number of nitrogens with one attached hydrogen (secondary N) is 2. The number of rotatable bonds is 11. The van der Waals surface area contributed by atoms with Gasteiger partial charge in [-0.1, -0.05) is 31.2 Å². The lowest BCUT2D eigenvalue weighted by Gasteiger charge is -2.48. The fourth-order valence-corrected chi connectivity index (χ4v) is 9.62. The van der Waals surface area contributed by atoms with Crippen molar-refractivity contribution in [2.75, 3.05) is 42.9 Å². The molecular weight excluding hydrogens is 658 g/mol. The quantitative estimate of drug-likeness (QED) is 0.212. The van der Waals surface area contributed by atoms with Crippen LogP contribution in [-0.4, -0.2) is 69.2 Å². The van der Waals surface area contributed by atoms with Gasteiger partial charge in [0.2, 0.25) is 15.7 Å². The van der Waals surface area contributed by atoms with E-state index >= 15 is 0 Å². The van der Waals surface area contributed by atoms with Crippen LogP contribution in [0.4, 0.5) is 20.6 Å². The van der Waals surface area contributed by atoms with E-state index in [-0.39, 0.29) is 27.7 Å². The summed E-state index contributed by atoms with van der Waals surface area (Å²) in [4.78, 5) is 28.2. The van der Waals surface area contributed by atoms with Crippen molar-refractivity contribution in [1.82, 2.24) is 10.2 Å². The summed E-state index contributed by atoms with van der Waals surface area (Å²) >= 11 is 0. The summed E-state index contributed by atoms with van der Waals surface area (Å²) in [5, 5.41) is 25.6. The molecule has 10 nitrogen and oxygen atoms in total. The fraction of sp³-hybridized carbons (Fsp3) is 0.395. The van der Waals surface area contributed by atoms with Crippen molar-refractivity contribution in [2.24, 2.45) is 17.8 Å². The topological polar surface area (TPSA) is 143 Å². The van der Waals surface area contributed by atoms with Gasteiger partial charge < -0.3 is 25.5 Å². The van der Waals surface area contributed by atoms with E-state index in [0.717, 1.165) is 63.7 Å². The van der Waals surface area contributed by atoms with Crippen LogP contribution < -0.4 is 15.5 Å². The van der Waals surface area contributed by atoms with Gasteiger partial charge in [0, 0.05) is 48.9 Å². The SMILES string of the molecule is C=CC(=O)Nc1cccc(S(=O)(=O)c2ccc(N3CC(CN4CCC(C(C#N)(c5cccc(F)c5)[C@H]5CCC[C@@H]5NC(=O)O)CC4)C3)cc2)c1. The average Bonchev–Trinajstić information content (AvgIpc) is 3.55.